The number of carbonyl (C=O) groups is 1. The molecule has 0 fully saturated rings. The molecule has 0 spiro atoms. The molecule has 0 aliphatic heterocycles. The van der Waals surface area contributed by atoms with Crippen molar-refractivity contribution in [3.63, 3.8) is 0 Å². The van der Waals surface area contributed by atoms with Crippen LogP contribution in [0.5, 0.6) is 0 Å². The Morgan fingerprint density at radius 2 is 1.12 bits per heavy atom. The number of nitrogens with zero attached hydrogens (tertiary/aromatic N) is 1. The number of hydrogen-bond donors (Lipinski definition) is 1. The predicted molar refractivity (Wildman–Crippen MR) is 98.0 cm³/mol. The van der Waals surface area contributed by atoms with Gasteiger partial charge in [0, 0.05) is 16.7 Å². The molecule has 0 aromatic heterocycles. The zero-order valence-electron chi connectivity index (χ0n) is 13.6. The minimum atomic E-state index is -0.990. The number of hydrogen-bond acceptors (Lipinski definition) is 3. The Hall–Kier alpha value is -3.40. The van der Waals surface area contributed by atoms with Gasteiger partial charge in [-0.15, -0.1) is 0 Å². The first kappa shape index (κ1) is 16.5. The Balaban J connectivity index is 2.25. The van der Waals surface area contributed by atoms with Crippen LogP contribution in [0.15, 0.2) is 96.2 Å². The van der Waals surface area contributed by atoms with Crippen molar-refractivity contribution >= 4 is 12.1 Å². The summed E-state index contributed by atoms with van der Waals surface area (Å²) in [5, 5.41) is 3.87. The normalized spacial score (nSPS) is 11.4. The van der Waals surface area contributed by atoms with Crippen LogP contribution in [0, 0.1) is 0 Å². The van der Waals surface area contributed by atoms with Crippen LogP contribution in [0.2, 0.25) is 0 Å². The number of amides is 1. The fraction of sp³-hybridized carbons (Fsp3) is 0.0476. The molecular formula is C21H18N2O2. The minimum absolute atomic E-state index is 0.664. The van der Waals surface area contributed by atoms with Crippen molar-refractivity contribution in [2.45, 2.75) is 5.60 Å². The van der Waals surface area contributed by atoms with Crippen molar-refractivity contribution in [3.05, 3.63) is 108 Å². The molecule has 2 N–H and O–H groups in total. The molecule has 1 amide bonds. The molecule has 0 saturated carbocycles. The zero-order valence-corrected chi connectivity index (χ0v) is 13.6. The Bertz CT molecular complexity index is 750. The molecule has 3 rings (SSSR count). The Morgan fingerprint density at radius 1 is 0.760 bits per heavy atom. The predicted octanol–water partition coefficient (Wildman–Crippen LogP) is 3.47. The quantitative estimate of drug-likeness (QED) is 0.427. The van der Waals surface area contributed by atoms with E-state index in [4.69, 9.17) is 10.6 Å². The second kappa shape index (κ2) is 7.45. The molecule has 0 radical (unpaired) electrons. The van der Waals surface area contributed by atoms with E-state index in [1.54, 1.807) is 0 Å². The molecule has 0 saturated heterocycles. The van der Waals surface area contributed by atoms with Gasteiger partial charge in [-0.25, -0.2) is 0 Å². The zero-order chi connectivity index (χ0) is 17.5. The van der Waals surface area contributed by atoms with Crippen LogP contribution in [-0.2, 0) is 15.2 Å². The third-order valence-corrected chi connectivity index (χ3v) is 3.91. The first-order chi connectivity index (χ1) is 12.2. The number of nitrogens with two attached hydrogens (primary N) is 1. The van der Waals surface area contributed by atoms with Crippen LogP contribution in [0.1, 0.15) is 16.7 Å². The first-order valence-corrected chi connectivity index (χ1v) is 7.91. The highest BCUT2D eigenvalue weighted by atomic mass is 16.6. The van der Waals surface area contributed by atoms with Crippen LogP contribution < -0.4 is 5.73 Å². The largest absolute Gasteiger partial charge is 0.374 e. The van der Waals surface area contributed by atoms with Gasteiger partial charge in [-0.05, 0) is 0 Å². The highest BCUT2D eigenvalue weighted by Gasteiger charge is 2.39. The molecule has 3 aromatic rings. The Morgan fingerprint density at radius 3 is 1.44 bits per heavy atom. The summed E-state index contributed by atoms with van der Waals surface area (Å²) in [5.74, 6) is -0.664. The van der Waals surface area contributed by atoms with Gasteiger partial charge in [0.25, 0.3) is 5.91 Å². The van der Waals surface area contributed by atoms with Gasteiger partial charge in [0.2, 0.25) is 5.60 Å². The number of oxime groups is 1. The lowest BCUT2D eigenvalue weighted by Crippen LogP contribution is -2.31. The van der Waals surface area contributed by atoms with Crippen LogP contribution in [0.3, 0.4) is 0 Å². The standard InChI is InChI=1S/C21H18N2O2/c22-20(24)16-23-25-21(17-10-4-1-5-11-17,18-12-6-2-7-13-18)19-14-8-3-9-15-19/h1-16H,(H2,22,24)/b23-16-. The maximum Gasteiger partial charge on any atom is 0.263 e. The van der Waals surface area contributed by atoms with Gasteiger partial charge < -0.3 is 10.6 Å². The van der Waals surface area contributed by atoms with Gasteiger partial charge >= 0.3 is 0 Å². The van der Waals surface area contributed by atoms with E-state index >= 15 is 0 Å². The molecular weight excluding hydrogens is 312 g/mol. The van der Waals surface area contributed by atoms with E-state index in [1.807, 2.05) is 91.0 Å². The van der Waals surface area contributed by atoms with Crippen molar-refractivity contribution in [2.75, 3.05) is 0 Å². The number of carbonyl (C=O) groups excluding carboxylic acids is 1. The molecule has 124 valence electrons. The average Bonchev–Trinajstić information content (AvgIpc) is 2.67. The summed E-state index contributed by atoms with van der Waals surface area (Å²) in [6, 6.07) is 29.3. The molecule has 0 bridgehead atoms. The van der Waals surface area contributed by atoms with E-state index in [9.17, 15) is 4.79 Å². The van der Waals surface area contributed by atoms with Gasteiger partial charge in [-0.1, -0.05) is 96.2 Å². The lowest BCUT2D eigenvalue weighted by Gasteiger charge is -2.33. The first-order valence-electron chi connectivity index (χ1n) is 7.91. The van der Waals surface area contributed by atoms with Crippen molar-refractivity contribution in [2.24, 2.45) is 10.9 Å². The highest BCUT2D eigenvalue weighted by molar-refractivity contribution is 6.25. The lowest BCUT2D eigenvalue weighted by atomic mass is 9.80. The van der Waals surface area contributed by atoms with E-state index in [1.165, 1.54) is 0 Å². The lowest BCUT2D eigenvalue weighted by molar-refractivity contribution is -0.111. The third kappa shape index (κ3) is 3.43. The molecule has 0 aliphatic rings. The van der Waals surface area contributed by atoms with E-state index in [2.05, 4.69) is 5.16 Å². The summed E-state index contributed by atoms with van der Waals surface area (Å²) in [4.78, 5) is 17.1. The maximum atomic E-state index is 11.1. The summed E-state index contributed by atoms with van der Waals surface area (Å²) in [6.45, 7) is 0. The van der Waals surface area contributed by atoms with Gasteiger partial charge in [-0.3, -0.25) is 4.79 Å². The van der Waals surface area contributed by atoms with E-state index in [0.29, 0.717) is 0 Å². The average molecular weight is 330 g/mol. The summed E-state index contributed by atoms with van der Waals surface area (Å²) >= 11 is 0. The number of primary amides is 1. The summed E-state index contributed by atoms with van der Waals surface area (Å²) < 4.78 is 0. The molecule has 0 atom stereocenters. The summed E-state index contributed by atoms with van der Waals surface area (Å²) in [6.07, 6.45) is 0.976. The van der Waals surface area contributed by atoms with Crippen LogP contribution in [0.4, 0.5) is 0 Å². The van der Waals surface area contributed by atoms with Crippen molar-refractivity contribution in [1.29, 1.82) is 0 Å². The van der Waals surface area contributed by atoms with Gasteiger partial charge in [-0.2, -0.15) is 0 Å². The van der Waals surface area contributed by atoms with E-state index < -0.39 is 11.5 Å². The van der Waals surface area contributed by atoms with Crippen molar-refractivity contribution in [3.8, 4) is 0 Å². The fourth-order valence-electron chi connectivity index (χ4n) is 2.83. The molecule has 4 heteroatoms. The molecule has 4 nitrogen and oxygen atoms in total. The van der Waals surface area contributed by atoms with Gasteiger partial charge in [0.05, 0.1) is 0 Å². The van der Waals surface area contributed by atoms with Crippen molar-refractivity contribution in [1.82, 2.24) is 0 Å². The molecule has 0 unspecified atom stereocenters. The molecule has 3 aromatic carbocycles. The summed E-state index contributed by atoms with van der Waals surface area (Å²) in [7, 11) is 0. The Kier molecular flexibility index (Phi) is 4.90. The Labute approximate surface area is 146 Å². The smallest absolute Gasteiger partial charge is 0.263 e. The molecule has 0 aliphatic carbocycles. The van der Waals surface area contributed by atoms with Gasteiger partial charge in [0.1, 0.15) is 6.21 Å². The number of rotatable bonds is 6. The van der Waals surface area contributed by atoms with Crippen LogP contribution in [-0.4, -0.2) is 12.1 Å². The van der Waals surface area contributed by atoms with Gasteiger partial charge in [0.15, 0.2) is 0 Å². The molecule has 25 heavy (non-hydrogen) atoms. The van der Waals surface area contributed by atoms with Crippen LogP contribution in [0.25, 0.3) is 0 Å². The highest BCUT2D eigenvalue weighted by Crippen LogP contribution is 2.40. The summed E-state index contributed by atoms with van der Waals surface area (Å²) in [5.41, 5.74) is 6.87. The SMILES string of the molecule is NC(=O)/C=N\OC(c1ccccc1)(c1ccccc1)c1ccccc1. The third-order valence-electron chi connectivity index (χ3n) is 3.91. The fourth-order valence-corrected chi connectivity index (χ4v) is 2.83. The minimum Gasteiger partial charge on any atom is -0.374 e. The molecule has 0 heterocycles. The topological polar surface area (TPSA) is 64.7 Å². The van der Waals surface area contributed by atoms with E-state index in [0.717, 1.165) is 22.9 Å². The van der Waals surface area contributed by atoms with Crippen LogP contribution >= 0.6 is 0 Å². The van der Waals surface area contributed by atoms with E-state index in [-0.39, 0.29) is 0 Å². The number of benzene rings is 3. The monoisotopic (exact) mass is 330 g/mol. The second-order valence-corrected chi connectivity index (χ2v) is 5.51. The van der Waals surface area contributed by atoms with Crippen molar-refractivity contribution < 1.29 is 9.63 Å². The second-order valence-electron chi connectivity index (χ2n) is 5.51. The maximum absolute atomic E-state index is 11.1.